The molecular weight excluding hydrogens is 192 g/mol. The first-order chi connectivity index (χ1) is 6.72. The van der Waals surface area contributed by atoms with E-state index in [1.54, 1.807) is 11.3 Å². The first-order valence-electron chi connectivity index (χ1n) is 5.36. The van der Waals surface area contributed by atoms with Crippen molar-refractivity contribution in [2.45, 2.75) is 40.2 Å². The molecule has 0 bridgehead atoms. The van der Waals surface area contributed by atoms with Gasteiger partial charge in [0.25, 0.3) is 0 Å². The van der Waals surface area contributed by atoms with Crippen LogP contribution in [0.15, 0.2) is 5.38 Å². The van der Waals surface area contributed by atoms with E-state index < -0.39 is 0 Å². The van der Waals surface area contributed by atoms with Crippen LogP contribution >= 0.6 is 11.3 Å². The maximum atomic E-state index is 4.58. The van der Waals surface area contributed by atoms with Gasteiger partial charge in [-0.2, -0.15) is 0 Å². The van der Waals surface area contributed by atoms with Crippen LogP contribution < -0.4 is 5.32 Å². The van der Waals surface area contributed by atoms with Crippen LogP contribution in [0.25, 0.3) is 0 Å². The number of thiazole rings is 1. The monoisotopic (exact) mass is 212 g/mol. The molecule has 0 radical (unpaired) electrons. The van der Waals surface area contributed by atoms with Crippen molar-refractivity contribution >= 4 is 11.3 Å². The van der Waals surface area contributed by atoms with Gasteiger partial charge in [0.1, 0.15) is 0 Å². The minimum atomic E-state index is 0.706. The molecule has 1 rings (SSSR count). The molecule has 0 aromatic carbocycles. The topological polar surface area (TPSA) is 24.9 Å². The van der Waals surface area contributed by atoms with Crippen LogP contribution in [-0.2, 0) is 13.0 Å². The van der Waals surface area contributed by atoms with E-state index in [1.165, 1.54) is 17.1 Å². The Labute approximate surface area is 90.8 Å². The van der Waals surface area contributed by atoms with Gasteiger partial charge in [-0.05, 0) is 18.9 Å². The largest absolute Gasteiger partial charge is 0.311 e. The van der Waals surface area contributed by atoms with E-state index in [2.05, 4.69) is 36.5 Å². The van der Waals surface area contributed by atoms with Crippen molar-refractivity contribution in [1.82, 2.24) is 10.3 Å². The van der Waals surface area contributed by atoms with Crippen LogP contribution in [0.4, 0.5) is 0 Å². The molecule has 2 nitrogen and oxygen atoms in total. The second-order valence-electron chi connectivity index (χ2n) is 4.01. The van der Waals surface area contributed by atoms with Crippen molar-refractivity contribution in [3.63, 3.8) is 0 Å². The maximum Gasteiger partial charge on any atom is 0.0931 e. The zero-order valence-corrected chi connectivity index (χ0v) is 10.2. The molecule has 1 N–H and O–H groups in total. The van der Waals surface area contributed by atoms with Gasteiger partial charge in [-0.1, -0.05) is 20.8 Å². The van der Waals surface area contributed by atoms with Crippen molar-refractivity contribution in [3.05, 3.63) is 16.1 Å². The number of hydrogen-bond acceptors (Lipinski definition) is 3. The third kappa shape index (κ3) is 4.20. The molecule has 0 amide bonds. The fourth-order valence-electron chi connectivity index (χ4n) is 1.27. The maximum absolute atomic E-state index is 4.58. The Morgan fingerprint density at radius 2 is 2.29 bits per heavy atom. The van der Waals surface area contributed by atoms with Crippen LogP contribution in [0, 0.1) is 5.92 Å². The molecule has 80 valence electrons. The highest BCUT2D eigenvalue weighted by Gasteiger charge is 2.03. The van der Waals surface area contributed by atoms with Crippen LogP contribution in [0.5, 0.6) is 0 Å². The summed E-state index contributed by atoms with van der Waals surface area (Å²) in [6, 6.07) is 0. The number of nitrogens with zero attached hydrogens (tertiary/aromatic N) is 1. The highest BCUT2D eigenvalue weighted by molar-refractivity contribution is 7.09. The summed E-state index contributed by atoms with van der Waals surface area (Å²) in [5.74, 6) is 0.706. The summed E-state index contributed by atoms with van der Waals surface area (Å²) in [5, 5.41) is 6.80. The smallest absolute Gasteiger partial charge is 0.0931 e. The number of hydrogen-bond donors (Lipinski definition) is 1. The molecule has 14 heavy (non-hydrogen) atoms. The second kappa shape index (κ2) is 6.14. The van der Waals surface area contributed by atoms with E-state index >= 15 is 0 Å². The van der Waals surface area contributed by atoms with Gasteiger partial charge in [-0.15, -0.1) is 11.3 Å². The van der Waals surface area contributed by atoms with Gasteiger partial charge in [-0.3, -0.25) is 0 Å². The SMILES string of the molecule is CCCNCc1csc(CC(C)C)n1. The summed E-state index contributed by atoms with van der Waals surface area (Å²) in [4.78, 5) is 4.58. The van der Waals surface area contributed by atoms with E-state index in [4.69, 9.17) is 0 Å². The third-order valence-electron chi connectivity index (χ3n) is 1.92. The number of rotatable bonds is 6. The lowest BCUT2D eigenvalue weighted by Gasteiger charge is -2.00. The minimum absolute atomic E-state index is 0.706. The molecule has 0 unspecified atom stereocenters. The Bertz CT molecular complexity index is 256. The zero-order chi connectivity index (χ0) is 10.4. The summed E-state index contributed by atoms with van der Waals surface area (Å²) in [7, 11) is 0. The van der Waals surface area contributed by atoms with Crippen LogP contribution in [0.3, 0.4) is 0 Å². The molecule has 0 aliphatic heterocycles. The van der Waals surface area contributed by atoms with Crippen LogP contribution in [-0.4, -0.2) is 11.5 Å². The molecule has 0 spiro atoms. The lowest BCUT2D eigenvalue weighted by atomic mass is 10.1. The number of aromatic nitrogens is 1. The third-order valence-corrected chi connectivity index (χ3v) is 2.84. The summed E-state index contributed by atoms with van der Waals surface area (Å²) in [5.41, 5.74) is 1.19. The van der Waals surface area contributed by atoms with E-state index in [0.717, 1.165) is 19.5 Å². The Morgan fingerprint density at radius 3 is 2.93 bits per heavy atom. The Kier molecular flexibility index (Phi) is 5.12. The van der Waals surface area contributed by atoms with Crippen molar-refractivity contribution in [1.29, 1.82) is 0 Å². The van der Waals surface area contributed by atoms with Crippen molar-refractivity contribution in [2.24, 2.45) is 5.92 Å². The predicted molar refractivity (Wildman–Crippen MR) is 62.7 cm³/mol. The quantitative estimate of drug-likeness (QED) is 0.733. The second-order valence-corrected chi connectivity index (χ2v) is 4.95. The molecule has 1 heterocycles. The lowest BCUT2D eigenvalue weighted by molar-refractivity contribution is 0.635. The molecule has 0 saturated heterocycles. The fourth-order valence-corrected chi connectivity index (χ4v) is 2.27. The van der Waals surface area contributed by atoms with E-state index in [1.807, 2.05) is 0 Å². The lowest BCUT2D eigenvalue weighted by Crippen LogP contribution is -2.14. The molecule has 0 atom stereocenters. The van der Waals surface area contributed by atoms with E-state index in [-0.39, 0.29) is 0 Å². The normalized spacial score (nSPS) is 11.1. The van der Waals surface area contributed by atoms with Crippen molar-refractivity contribution < 1.29 is 0 Å². The van der Waals surface area contributed by atoms with E-state index in [0.29, 0.717) is 5.92 Å². The van der Waals surface area contributed by atoms with Crippen LogP contribution in [0.1, 0.15) is 37.9 Å². The molecular formula is C11H20N2S. The fraction of sp³-hybridized carbons (Fsp3) is 0.727. The minimum Gasteiger partial charge on any atom is -0.311 e. The van der Waals surface area contributed by atoms with Gasteiger partial charge in [0.15, 0.2) is 0 Å². The van der Waals surface area contributed by atoms with Gasteiger partial charge in [0.2, 0.25) is 0 Å². The van der Waals surface area contributed by atoms with Gasteiger partial charge in [-0.25, -0.2) is 4.98 Å². The highest BCUT2D eigenvalue weighted by atomic mass is 32.1. The van der Waals surface area contributed by atoms with Gasteiger partial charge in [0, 0.05) is 18.3 Å². The summed E-state index contributed by atoms with van der Waals surface area (Å²) in [6.07, 6.45) is 2.29. The first-order valence-corrected chi connectivity index (χ1v) is 6.24. The standard InChI is InChI=1S/C11H20N2S/c1-4-5-12-7-10-8-14-11(13-10)6-9(2)3/h8-9,12H,4-7H2,1-3H3. The summed E-state index contributed by atoms with van der Waals surface area (Å²) >= 11 is 1.78. The molecule has 0 aliphatic carbocycles. The summed E-state index contributed by atoms with van der Waals surface area (Å²) in [6.45, 7) is 8.64. The molecule has 0 aliphatic rings. The number of nitrogens with one attached hydrogen (secondary N) is 1. The average molecular weight is 212 g/mol. The first kappa shape index (κ1) is 11.7. The Hall–Kier alpha value is -0.410. The zero-order valence-electron chi connectivity index (χ0n) is 9.34. The van der Waals surface area contributed by atoms with E-state index in [9.17, 15) is 0 Å². The van der Waals surface area contributed by atoms with Crippen molar-refractivity contribution in [3.8, 4) is 0 Å². The molecule has 0 fully saturated rings. The highest BCUT2D eigenvalue weighted by Crippen LogP contribution is 2.13. The molecule has 1 aromatic heterocycles. The van der Waals surface area contributed by atoms with Gasteiger partial charge >= 0.3 is 0 Å². The van der Waals surface area contributed by atoms with Gasteiger partial charge < -0.3 is 5.32 Å². The summed E-state index contributed by atoms with van der Waals surface area (Å²) < 4.78 is 0. The Morgan fingerprint density at radius 1 is 1.50 bits per heavy atom. The van der Waals surface area contributed by atoms with Gasteiger partial charge in [0.05, 0.1) is 10.7 Å². The van der Waals surface area contributed by atoms with Crippen LogP contribution in [0.2, 0.25) is 0 Å². The molecule has 0 saturated carbocycles. The van der Waals surface area contributed by atoms with Crippen molar-refractivity contribution in [2.75, 3.05) is 6.54 Å². The Balaban J connectivity index is 2.35. The molecule has 3 heteroatoms. The molecule has 1 aromatic rings. The average Bonchev–Trinajstić information content (AvgIpc) is 2.52. The predicted octanol–water partition coefficient (Wildman–Crippen LogP) is 2.84.